The van der Waals surface area contributed by atoms with Crippen LogP contribution in [0, 0.1) is 13.8 Å². The van der Waals surface area contributed by atoms with Gasteiger partial charge in [-0.3, -0.25) is 4.79 Å². The van der Waals surface area contributed by atoms with Crippen molar-refractivity contribution in [3.63, 3.8) is 0 Å². The summed E-state index contributed by atoms with van der Waals surface area (Å²) in [5, 5.41) is 4.84. The molecule has 6 heteroatoms. The standard InChI is InChI=1S/C30H31N3O3/c1-22-11-9-16-26(19-22)36-30-28(23(2)31-33(30)25-14-7-4-8-15-25)21-32(20-27-17-10-18-35-27)29(34)24-12-5-3-6-13-24/h3-9,11-16,19,27H,10,17-18,20-21H2,1-2H3. The van der Waals surface area contributed by atoms with Gasteiger partial charge < -0.3 is 14.4 Å². The van der Waals surface area contributed by atoms with Crippen LogP contribution in [0.1, 0.15) is 40.0 Å². The summed E-state index contributed by atoms with van der Waals surface area (Å²) in [5.74, 6) is 1.32. The van der Waals surface area contributed by atoms with E-state index in [0.29, 0.717) is 24.5 Å². The monoisotopic (exact) mass is 481 g/mol. The van der Waals surface area contributed by atoms with Crippen molar-refractivity contribution >= 4 is 5.91 Å². The first-order valence-corrected chi connectivity index (χ1v) is 12.4. The largest absolute Gasteiger partial charge is 0.439 e. The minimum Gasteiger partial charge on any atom is -0.439 e. The van der Waals surface area contributed by atoms with E-state index in [-0.39, 0.29) is 12.0 Å². The highest BCUT2D eigenvalue weighted by atomic mass is 16.5. The van der Waals surface area contributed by atoms with E-state index in [2.05, 4.69) is 0 Å². The summed E-state index contributed by atoms with van der Waals surface area (Å²) in [7, 11) is 0. The van der Waals surface area contributed by atoms with Crippen molar-refractivity contribution < 1.29 is 14.3 Å². The lowest BCUT2D eigenvalue weighted by atomic mass is 10.1. The topological polar surface area (TPSA) is 56.6 Å². The summed E-state index contributed by atoms with van der Waals surface area (Å²) in [6.07, 6.45) is 2.00. The fourth-order valence-corrected chi connectivity index (χ4v) is 4.57. The minimum absolute atomic E-state index is 0.0283. The number of carbonyl (C=O) groups is 1. The molecule has 1 aliphatic heterocycles. The zero-order chi connectivity index (χ0) is 24.9. The van der Waals surface area contributed by atoms with E-state index in [1.807, 2.05) is 108 Å². The summed E-state index contributed by atoms with van der Waals surface area (Å²) in [4.78, 5) is 15.5. The molecule has 1 aliphatic rings. The van der Waals surface area contributed by atoms with Crippen LogP contribution in [0.4, 0.5) is 0 Å². The molecule has 4 aromatic rings. The van der Waals surface area contributed by atoms with Crippen LogP contribution in [0.5, 0.6) is 11.6 Å². The molecule has 0 aliphatic carbocycles. The second-order valence-electron chi connectivity index (χ2n) is 9.22. The third-order valence-electron chi connectivity index (χ3n) is 6.45. The second-order valence-corrected chi connectivity index (χ2v) is 9.22. The van der Waals surface area contributed by atoms with Gasteiger partial charge in [-0.1, -0.05) is 48.5 Å². The van der Waals surface area contributed by atoms with Crippen LogP contribution in [-0.2, 0) is 11.3 Å². The van der Waals surface area contributed by atoms with Crippen molar-refractivity contribution in [1.29, 1.82) is 0 Å². The second kappa shape index (κ2) is 10.8. The number of aromatic nitrogens is 2. The van der Waals surface area contributed by atoms with Crippen LogP contribution < -0.4 is 4.74 Å². The molecule has 5 rings (SSSR count). The summed E-state index contributed by atoms with van der Waals surface area (Å²) >= 11 is 0. The predicted octanol–water partition coefficient (Wildman–Crippen LogP) is 6.10. The van der Waals surface area contributed by atoms with Gasteiger partial charge >= 0.3 is 0 Å². The van der Waals surface area contributed by atoms with Crippen molar-refractivity contribution in [3.8, 4) is 17.3 Å². The van der Waals surface area contributed by atoms with Gasteiger partial charge in [-0.2, -0.15) is 5.10 Å². The Morgan fingerprint density at radius 3 is 2.47 bits per heavy atom. The van der Waals surface area contributed by atoms with Gasteiger partial charge in [-0.25, -0.2) is 4.68 Å². The maximum Gasteiger partial charge on any atom is 0.254 e. The fourth-order valence-electron chi connectivity index (χ4n) is 4.57. The highest BCUT2D eigenvalue weighted by Crippen LogP contribution is 2.32. The molecule has 1 fully saturated rings. The molecule has 36 heavy (non-hydrogen) atoms. The Morgan fingerprint density at radius 1 is 1.03 bits per heavy atom. The normalized spacial score (nSPS) is 15.1. The lowest BCUT2D eigenvalue weighted by molar-refractivity contribution is 0.0505. The van der Waals surface area contributed by atoms with E-state index in [0.717, 1.165) is 47.7 Å². The van der Waals surface area contributed by atoms with Crippen LogP contribution in [0.15, 0.2) is 84.9 Å². The molecule has 6 nitrogen and oxygen atoms in total. The molecule has 0 spiro atoms. The molecule has 1 unspecified atom stereocenters. The van der Waals surface area contributed by atoms with Gasteiger partial charge in [-0.05, 0) is 68.7 Å². The number of rotatable bonds is 8. The molecule has 0 radical (unpaired) electrons. The smallest absolute Gasteiger partial charge is 0.254 e. The SMILES string of the molecule is Cc1cccc(Oc2c(CN(CC3CCCO3)C(=O)c3ccccc3)c(C)nn2-c2ccccc2)c1. The van der Waals surface area contributed by atoms with E-state index in [1.165, 1.54) is 0 Å². The summed E-state index contributed by atoms with van der Waals surface area (Å²) < 4.78 is 14.2. The quantitative estimate of drug-likeness (QED) is 0.305. The van der Waals surface area contributed by atoms with E-state index in [1.54, 1.807) is 0 Å². The zero-order valence-corrected chi connectivity index (χ0v) is 20.8. The highest BCUT2D eigenvalue weighted by molar-refractivity contribution is 5.94. The Bertz CT molecular complexity index is 1310. The lowest BCUT2D eigenvalue weighted by Crippen LogP contribution is -2.37. The fraction of sp³-hybridized carbons (Fsp3) is 0.267. The number of carbonyl (C=O) groups excluding carboxylic acids is 1. The van der Waals surface area contributed by atoms with E-state index < -0.39 is 0 Å². The van der Waals surface area contributed by atoms with Crippen molar-refractivity contribution in [3.05, 3.63) is 107 Å². The average Bonchev–Trinajstić information content (AvgIpc) is 3.52. The number of ether oxygens (including phenoxy) is 2. The van der Waals surface area contributed by atoms with E-state index >= 15 is 0 Å². The number of hydrogen-bond donors (Lipinski definition) is 0. The molecular weight excluding hydrogens is 450 g/mol. The molecule has 1 atom stereocenters. The van der Waals surface area contributed by atoms with Gasteiger partial charge in [-0.15, -0.1) is 0 Å². The number of aryl methyl sites for hydroxylation is 2. The molecule has 0 saturated carbocycles. The Morgan fingerprint density at radius 2 is 1.78 bits per heavy atom. The van der Waals surface area contributed by atoms with Gasteiger partial charge in [0, 0.05) is 18.7 Å². The maximum absolute atomic E-state index is 13.6. The Balaban J connectivity index is 1.55. The summed E-state index contributed by atoms with van der Waals surface area (Å²) in [6.45, 7) is 5.64. The molecule has 184 valence electrons. The van der Waals surface area contributed by atoms with Crippen molar-refractivity contribution in [2.24, 2.45) is 0 Å². The number of amides is 1. The minimum atomic E-state index is -0.0283. The lowest BCUT2D eigenvalue weighted by Gasteiger charge is -2.26. The van der Waals surface area contributed by atoms with Crippen molar-refractivity contribution in [2.75, 3.05) is 13.2 Å². The molecule has 0 N–H and O–H groups in total. The molecular formula is C30H31N3O3. The maximum atomic E-state index is 13.6. The number of hydrogen-bond acceptors (Lipinski definition) is 4. The first-order chi connectivity index (χ1) is 17.6. The first kappa shape index (κ1) is 23.8. The van der Waals surface area contributed by atoms with Gasteiger partial charge in [0.2, 0.25) is 5.88 Å². The Hall–Kier alpha value is -3.90. The molecule has 2 heterocycles. The Kier molecular flexibility index (Phi) is 7.14. The third kappa shape index (κ3) is 5.34. The predicted molar refractivity (Wildman–Crippen MR) is 140 cm³/mol. The van der Waals surface area contributed by atoms with Gasteiger partial charge in [0.15, 0.2) is 0 Å². The molecule has 1 aromatic heterocycles. The van der Waals surface area contributed by atoms with Crippen LogP contribution in [0.25, 0.3) is 5.69 Å². The number of para-hydroxylation sites is 1. The highest BCUT2D eigenvalue weighted by Gasteiger charge is 2.27. The van der Waals surface area contributed by atoms with Crippen LogP contribution in [-0.4, -0.2) is 39.8 Å². The molecule has 0 bridgehead atoms. The first-order valence-electron chi connectivity index (χ1n) is 12.4. The van der Waals surface area contributed by atoms with Crippen LogP contribution in [0.3, 0.4) is 0 Å². The van der Waals surface area contributed by atoms with Crippen LogP contribution >= 0.6 is 0 Å². The summed E-state index contributed by atoms with van der Waals surface area (Å²) in [6, 6.07) is 27.3. The van der Waals surface area contributed by atoms with Gasteiger partial charge in [0.05, 0.1) is 29.6 Å². The zero-order valence-electron chi connectivity index (χ0n) is 20.8. The third-order valence-corrected chi connectivity index (χ3v) is 6.45. The number of benzene rings is 3. The summed E-state index contributed by atoms with van der Waals surface area (Å²) in [5.41, 5.74) is 4.36. The van der Waals surface area contributed by atoms with Crippen molar-refractivity contribution in [1.82, 2.24) is 14.7 Å². The molecule has 1 amide bonds. The van der Waals surface area contributed by atoms with E-state index in [9.17, 15) is 4.79 Å². The van der Waals surface area contributed by atoms with Crippen molar-refractivity contribution in [2.45, 2.75) is 39.3 Å². The van der Waals surface area contributed by atoms with Crippen LogP contribution in [0.2, 0.25) is 0 Å². The average molecular weight is 482 g/mol. The van der Waals surface area contributed by atoms with E-state index in [4.69, 9.17) is 14.6 Å². The molecule has 1 saturated heterocycles. The van der Waals surface area contributed by atoms with Gasteiger partial charge in [0.1, 0.15) is 5.75 Å². The van der Waals surface area contributed by atoms with Gasteiger partial charge in [0.25, 0.3) is 5.91 Å². The number of nitrogens with zero attached hydrogens (tertiary/aromatic N) is 3. The molecule has 3 aromatic carbocycles. The Labute approximate surface area is 212 Å².